The van der Waals surface area contributed by atoms with Gasteiger partial charge < -0.3 is 15.2 Å². The maximum atomic E-state index is 12.4. The number of hydrogen-bond donors (Lipinski definition) is 2. The molecule has 1 aliphatic carbocycles. The summed E-state index contributed by atoms with van der Waals surface area (Å²) in [5.41, 5.74) is 1.18. The zero-order valence-electron chi connectivity index (χ0n) is 14.6. The summed E-state index contributed by atoms with van der Waals surface area (Å²) in [6, 6.07) is 10.2. The molecule has 2 heterocycles. The van der Waals surface area contributed by atoms with E-state index in [1.807, 2.05) is 18.2 Å². The summed E-state index contributed by atoms with van der Waals surface area (Å²) in [6.07, 6.45) is 4.05. The fraction of sp³-hybridized carbons (Fsp3) is 0.526. The van der Waals surface area contributed by atoms with Gasteiger partial charge in [0.1, 0.15) is 11.6 Å². The minimum absolute atomic E-state index is 0.0912. The van der Waals surface area contributed by atoms with Crippen molar-refractivity contribution in [1.82, 2.24) is 25.4 Å². The van der Waals surface area contributed by atoms with Crippen LogP contribution in [0.5, 0.6) is 0 Å². The summed E-state index contributed by atoms with van der Waals surface area (Å²) < 4.78 is 2.18. The molecule has 6 heteroatoms. The maximum absolute atomic E-state index is 12.4. The Balaban J connectivity index is 1.31. The molecular formula is C19H25N5O. The Kier molecular flexibility index (Phi) is 4.42. The molecule has 0 unspecified atom stereocenters. The van der Waals surface area contributed by atoms with E-state index in [0.29, 0.717) is 18.4 Å². The average molecular weight is 339 g/mol. The number of aromatic nitrogens is 3. The third kappa shape index (κ3) is 3.52. The van der Waals surface area contributed by atoms with E-state index in [1.165, 1.54) is 12.0 Å². The van der Waals surface area contributed by atoms with Gasteiger partial charge in [-0.15, -0.1) is 10.2 Å². The monoisotopic (exact) mass is 339 g/mol. The topological polar surface area (TPSA) is 71.8 Å². The van der Waals surface area contributed by atoms with E-state index >= 15 is 0 Å². The molecule has 0 radical (unpaired) electrons. The number of amides is 2. The number of rotatable bonds is 6. The van der Waals surface area contributed by atoms with Crippen LogP contribution >= 0.6 is 0 Å². The summed E-state index contributed by atoms with van der Waals surface area (Å²) in [6.45, 7) is 3.82. The number of hydrogen-bond acceptors (Lipinski definition) is 3. The first-order valence-electron chi connectivity index (χ1n) is 9.22. The first kappa shape index (κ1) is 16.1. The second-order valence-corrected chi connectivity index (χ2v) is 7.20. The minimum atomic E-state index is -0.103. The van der Waals surface area contributed by atoms with Crippen LogP contribution in [-0.4, -0.2) is 27.3 Å². The van der Waals surface area contributed by atoms with Crippen LogP contribution in [0.2, 0.25) is 0 Å². The van der Waals surface area contributed by atoms with Crippen LogP contribution in [-0.2, 0) is 19.4 Å². The molecule has 1 aliphatic heterocycles. The molecule has 1 fully saturated rings. The van der Waals surface area contributed by atoms with Crippen molar-refractivity contribution in [2.24, 2.45) is 11.8 Å². The Bertz CT molecular complexity index is 742. The Morgan fingerprint density at radius 1 is 1.32 bits per heavy atom. The molecule has 0 bridgehead atoms. The fourth-order valence-electron chi connectivity index (χ4n) is 3.79. The van der Waals surface area contributed by atoms with Gasteiger partial charge in [-0.2, -0.15) is 0 Å². The van der Waals surface area contributed by atoms with Crippen LogP contribution in [0.4, 0.5) is 4.79 Å². The summed E-state index contributed by atoms with van der Waals surface area (Å²) >= 11 is 0. The van der Waals surface area contributed by atoms with Gasteiger partial charge in [0.25, 0.3) is 0 Å². The molecular weight excluding hydrogens is 314 g/mol. The molecule has 2 N–H and O–H groups in total. The molecule has 25 heavy (non-hydrogen) atoms. The van der Waals surface area contributed by atoms with Gasteiger partial charge in [-0.05, 0) is 30.2 Å². The first-order valence-corrected chi connectivity index (χ1v) is 9.22. The van der Waals surface area contributed by atoms with E-state index < -0.39 is 0 Å². The lowest BCUT2D eigenvalue weighted by molar-refractivity contribution is 0.235. The van der Waals surface area contributed by atoms with Crippen molar-refractivity contribution < 1.29 is 4.79 Å². The molecule has 0 saturated heterocycles. The second kappa shape index (κ2) is 6.86. The molecule has 132 valence electrons. The summed E-state index contributed by atoms with van der Waals surface area (Å²) in [5.74, 6) is 3.26. The van der Waals surface area contributed by atoms with E-state index in [2.05, 4.69) is 44.5 Å². The molecule has 2 amide bonds. The molecule has 1 saturated carbocycles. The normalized spacial score (nSPS) is 22.3. The third-order valence-corrected chi connectivity index (χ3v) is 5.37. The number of benzene rings is 1. The predicted molar refractivity (Wildman–Crippen MR) is 95.0 cm³/mol. The van der Waals surface area contributed by atoms with Gasteiger partial charge in [0.05, 0.1) is 6.04 Å². The Labute approximate surface area is 148 Å². The highest BCUT2D eigenvalue weighted by molar-refractivity contribution is 5.74. The van der Waals surface area contributed by atoms with Gasteiger partial charge in [0, 0.05) is 25.9 Å². The molecule has 1 aromatic heterocycles. The smallest absolute Gasteiger partial charge is 0.315 e. The molecule has 4 rings (SSSR count). The number of carbonyl (C=O) groups is 1. The van der Waals surface area contributed by atoms with Crippen LogP contribution in [0, 0.1) is 11.8 Å². The third-order valence-electron chi connectivity index (χ3n) is 5.37. The van der Waals surface area contributed by atoms with E-state index in [9.17, 15) is 4.79 Å². The number of carbonyl (C=O) groups excluding carboxylic acids is 1. The highest BCUT2D eigenvalue weighted by Crippen LogP contribution is 2.46. The van der Waals surface area contributed by atoms with E-state index in [4.69, 9.17) is 0 Å². The van der Waals surface area contributed by atoms with Crippen molar-refractivity contribution in [2.45, 2.75) is 45.2 Å². The van der Waals surface area contributed by atoms with Crippen molar-refractivity contribution in [3.05, 3.63) is 47.5 Å². The van der Waals surface area contributed by atoms with Crippen LogP contribution in [0.25, 0.3) is 0 Å². The second-order valence-electron chi connectivity index (χ2n) is 7.20. The number of nitrogens with one attached hydrogen (secondary N) is 2. The van der Waals surface area contributed by atoms with Crippen molar-refractivity contribution >= 4 is 6.03 Å². The molecule has 2 aromatic rings. The lowest BCUT2D eigenvalue weighted by atomic mass is 10.0. The lowest BCUT2D eigenvalue weighted by Crippen LogP contribution is -2.40. The zero-order valence-corrected chi connectivity index (χ0v) is 14.6. The maximum Gasteiger partial charge on any atom is 0.315 e. The van der Waals surface area contributed by atoms with Gasteiger partial charge in [0.2, 0.25) is 0 Å². The summed E-state index contributed by atoms with van der Waals surface area (Å²) in [4.78, 5) is 12.4. The molecule has 6 nitrogen and oxygen atoms in total. The Morgan fingerprint density at radius 3 is 2.88 bits per heavy atom. The molecule has 3 atom stereocenters. The lowest BCUT2D eigenvalue weighted by Gasteiger charge is -2.19. The Morgan fingerprint density at radius 2 is 2.12 bits per heavy atom. The SMILES string of the molecule is C[C@@H]1C[C@H]1[C@H](NC(=O)NCCc1nnc2n1CCC2)c1ccccc1. The van der Waals surface area contributed by atoms with E-state index in [-0.39, 0.29) is 12.1 Å². The van der Waals surface area contributed by atoms with E-state index in [0.717, 1.165) is 37.5 Å². The average Bonchev–Trinajstić information content (AvgIpc) is 3.01. The van der Waals surface area contributed by atoms with Crippen molar-refractivity contribution in [2.75, 3.05) is 6.54 Å². The number of nitrogens with zero attached hydrogens (tertiary/aromatic N) is 3. The van der Waals surface area contributed by atoms with Crippen molar-refractivity contribution in [3.63, 3.8) is 0 Å². The van der Waals surface area contributed by atoms with Gasteiger partial charge in [-0.3, -0.25) is 0 Å². The largest absolute Gasteiger partial charge is 0.338 e. The predicted octanol–water partition coefficient (Wildman–Crippen LogP) is 2.46. The fourth-order valence-corrected chi connectivity index (χ4v) is 3.79. The number of urea groups is 1. The molecule has 0 spiro atoms. The van der Waals surface area contributed by atoms with Gasteiger partial charge in [0.15, 0.2) is 0 Å². The molecule has 1 aromatic carbocycles. The van der Waals surface area contributed by atoms with Gasteiger partial charge >= 0.3 is 6.03 Å². The van der Waals surface area contributed by atoms with Gasteiger partial charge in [-0.25, -0.2) is 4.79 Å². The van der Waals surface area contributed by atoms with Gasteiger partial charge in [-0.1, -0.05) is 37.3 Å². The minimum Gasteiger partial charge on any atom is -0.338 e. The number of aryl methyl sites for hydroxylation is 1. The van der Waals surface area contributed by atoms with Crippen molar-refractivity contribution in [3.8, 4) is 0 Å². The quantitative estimate of drug-likeness (QED) is 0.849. The van der Waals surface area contributed by atoms with Crippen LogP contribution in [0.1, 0.15) is 43.0 Å². The number of fused-ring (bicyclic) bond motifs is 1. The van der Waals surface area contributed by atoms with E-state index in [1.54, 1.807) is 0 Å². The first-order chi connectivity index (χ1) is 12.2. The summed E-state index contributed by atoms with van der Waals surface area (Å²) in [7, 11) is 0. The molecule has 2 aliphatic rings. The van der Waals surface area contributed by atoms with Crippen LogP contribution < -0.4 is 10.6 Å². The summed E-state index contributed by atoms with van der Waals surface area (Å²) in [5, 5.41) is 14.6. The zero-order chi connectivity index (χ0) is 17.2. The van der Waals surface area contributed by atoms with Crippen molar-refractivity contribution in [1.29, 1.82) is 0 Å². The highest BCUT2D eigenvalue weighted by Gasteiger charge is 2.40. The van der Waals surface area contributed by atoms with Crippen LogP contribution in [0.3, 0.4) is 0 Å². The standard InChI is InChI=1S/C19H25N5O/c1-13-12-15(13)18(14-6-3-2-4-7-14)21-19(25)20-10-9-17-23-22-16-8-5-11-24(16)17/h2-4,6-7,13,15,18H,5,8-12H2,1H3,(H2,20,21,25)/t13-,15-,18-/m1/s1. The highest BCUT2D eigenvalue weighted by atomic mass is 16.2. The Hall–Kier alpha value is -2.37. The van der Waals surface area contributed by atoms with Crippen LogP contribution in [0.15, 0.2) is 30.3 Å².